The van der Waals surface area contributed by atoms with Gasteiger partial charge in [0.05, 0.1) is 0 Å². The van der Waals surface area contributed by atoms with Crippen LogP contribution in [0.3, 0.4) is 0 Å². The molecule has 0 unspecified atom stereocenters. The van der Waals surface area contributed by atoms with Crippen molar-refractivity contribution in [2.45, 2.75) is 64.5 Å². The van der Waals surface area contributed by atoms with Crippen molar-refractivity contribution in [1.82, 2.24) is 20.0 Å². The molecule has 1 N–H and O–H groups in total. The average Bonchev–Trinajstić information content (AvgIpc) is 2.68. The Morgan fingerprint density at radius 3 is 2.50 bits per heavy atom. The van der Waals surface area contributed by atoms with Crippen molar-refractivity contribution in [2.24, 2.45) is 17.8 Å². The van der Waals surface area contributed by atoms with Gasteiger partial charge in [0.2, 0.25) is 11.8 Å². The molecule has 3 atom stereocenters. The van der Waals surface area contributed by atoms with Gasteiger partial charge in [0.15, 0.2) is 0 Å². The van der Waals surface area contributed by atoms with Crippen molar-refractivity contribution < 1.29 is 14.4 Å². The topological polar surface area (TPSA) is 73.0 Å². The highest BCUT2D eigenvalue weighted by Gasteiger charge is 2.45. The first-order chi connectivity index (χ1) is 13.4. The normalized spacial score (nSPS) is 31.0. The Morgan fingerprint density at radius 1 is 1.04 bits per heavy atom. The average molecular weight is 391 g/mol. The molecule has 4 saturated heterocycles. The number of rotatable bonds is 2. The van der Waals surface area contributed by atoms with Crippen LogP contribution in [0.4, 0.5) is 4.79 Å². The van der Waals surface area contributed by atoms with Crippen LogP contribution in [0.15, 0.2) is 0 Å². The van der Waals surface area contributed by atoms with Crippen LogP contribution < -0.4 is 5.32 Å². The summed E-state index contributed by atoms with van der Waals surface area (Å²) in [6.45, 7) is 7.64. The minimum atomic E-state index is 0.0222. The number of likely N-dealkylation sites (tertiary alicyclic amines) is 2. The van der Waals surface area contributed by atoms with E-state index in [0.717, 1.165) is 51.7 Å². The highest BCUT2D eigenvalue weighted by molar-refractivity contribution is 5.80. The van der Waals surface area contributed by atoms with E-state index in [1.807, 2.05) is 23.6 Å². The van der Waals surface area contributed by atoms with Crippen LogP contribution >= 0.6 is 0 Å². The van der Waals surface area contributed by atoms with E-state index in [1.54, 1.807) is 0 Å². The number of amides is 4. The number of hydrogen-bond donors (Lipinski definition) is 1. The third-order valence-corrected chi connectivity index (χ3v) is 7.02. The maximum Gasteiger partial charge on any atom is 0.320 e. The summed E-state index contributed by atoms with van der Waals surface area (Å²) in [6.07, 6.45) is 5.40. The summed E-state index contributed by atoms with van der Waals surface area (Å²) in [4.78, 5) is 43.7. The van der Waals surface area contributed by atoms with Gasteiger partial charge in [-0.1, -0.05) is 0 Å². The zero-order chi connectivity index (χ0) is 19.8. The molecule has 0 aromatic rings. The lowest BCUT2D eigenvalue weighted by atomic mass is 9.76. The summed E-state index contributed by atoms with van der Waals surface area (Å²) in [5.41, 5.74) is 0. The molecule has 0 aromatic carbocycles. The molecule has 4 aliphatic rings. The second-order valence-corrected chi connectivity index (χ2v) is 9.48. The van der Waals surface area contributed by atoms with Crippen molar-refractivity contribution in [3.63, 3.8) is 0 Å². The number of carbonyl (C=O) groups is 3. The highest BCUT2D eigenvalue weighted by atomic mass is 16.2. The van der Waals surface area contributed by atoms with Gasteiger partial charge in [0, 0.05) is 57.1 Å². The zero-order valence-electron chi connectivity index (χ0n) is 17.2. The Morgan fingerprint density at radius 2 is 1.79 bits per heavy atom. The summed E-state index contributed by atoms with van der Waals surface area (Å²) in [6, 6.07) is 0.623. The fourth-order valence-corrected chi connectivity index (χ4v) is 5.70. The molecule has 7 heteroatoms. The molecule has 0 aromatic heterocycles. The first kappa shape index (κ1) is 19.5. The SMILES string of the molecule is CC(C)NC(=O)C1CCN(C(=O)N2C[C@H]3C[C@H](C2)[C@H]2CCCC(=O)N2C3)CC1. The third-order valence-electron chi connectivity index (χ3n) is 7.02. The smallest absolute Gasteiger partial charge is 0.320 e. The Bertz CT molecular complexity index is 629. The standard InChI is InChI=1S/C21H34N4O3/c1-14(2)22-20(27)16-6-8-23(9-7-16)21(28)24-11-15-10-17(13-24)18-4-3-5-19(26)25(18)12-15/h14-18H,3-13H2,1-2H3,(H,22,27)/t15-,17-,18-/m1/s1. The fourth-order valence-electron chi connectivity index (χ4n) is 5.70. The molecule has 4 aliphatic heterocycles. The maximum absolute atomic E-state index is 13.1. The lowest BCUT2D eigenvalue weighted by Crippen LogP contribution is -2.62. The first-order valence-electron chi connectivity index (χ1n) is 11.1. The lowest BCUT2D eigenvalue weighted by Gasteiger charge is -2.53. The molecule has 4 rings (SSSR count). The second-order valence-electron chi connectivity index (χ2n) is 9.48. The van der Waals surface area contributed by atoms with E-state index >= 15 is 0 Å². The molecule has 7 nitrogen and oxygen atoms in total. The second kappa shape index (κ2) is 7.91. The number of hydrogen-bond acceptors (Lipinski definition) is 3. The quantitative estimate of drug-likeness (QED) is 0.780. The molecule has 4 heterocycles. The zero-order valence-corrected chi connectivity index (χ0v) is 17.2. The van der Waals surface area contributed by atoms with Gasteiger partial charge in [0.25, 0.3) is 0 Å². The van der Waals surface area contributed by atoms with Crippen molar-refractivity contribution in [1.29, 1.82) is 0 Å². The summed E-state index contributed by atoms with van der Waals surface area (Å²) >= 11 is 0. The number of nitrogens with zero attached hydrogens (tertiary/aromatic N) is 3. The highest BCUT2D eigenvalue weighted by Crippen LogP contribution is 2.38. The molecule has 0 aliphatic carbocycles. The van der Waals surface area contributed by atoms with Gasteiger partial charge >= 0.3 is 6.03 Å². The van der Waals surface area contributed by atoms with E-state index in [0.29, 0.717) is 43.3 Å². The summed E-state index contributed by atoms with van der Waals surface area (Å²) < 4.78 is 0. The number of fused-ring (bicyclic) bond motifs is 4. The molecule has 4 fully saturated rings. The predicted octanol–water partition coefficient (Wildman–Crippen LogP) is 1.68. The monoisotopic (exact) mass is 390 g/mol. The molecule has 0 radical (unpaired) electrons. The molecule has 28 heavy (non-hydrogen) atoms. The minimum Gasteiger partial charge on any atom is -0.354 e. The number of carbonyl (C=O) groups excluding carboxylic acids is 3. The molecule has 2 bridgehead atoms. The van der Waals surface area contributed by atoms with Crippen LogP contribution in [0.5, 0.6) is 0 Å². The van der Waals surface area contributed by atoms with Gasteiger partial charge < -0.3 is 20.0 Å². The van der Waals surface area contributed by atoms with Gasteiger partial charge in [-0.3, -0.25) is 9.59 Å². The molecule has 4 amide bonds. The third kappa shape index (κ3) is 3.85. The number of piperidine rings is 4. The Kier molecular flexibility index (Phi) is 5.52. The summed E-state index contributed by atoms with van der Waals surface area (Å²) in [5.74, 6) is 1.29. The van der Waals surface area contributed by atoms with Crippen LogP contribution in [0.25, 0.3) is 0 Å². The van der Waals surface area contributed by atoms with Crippen molar-refractivity contribution in [3.05, 3.63) is 0 Å². The molecular formula is C21H34N4O3. The van der Waals surface area contributed by atoms with E-state index in [4.69, 9.17) is 0 Å². The van der Waals surface area contributed by atoms with Crippen LogP contribution in [0.2, 0.25) is 0 Å². The minimum absolute atomic E-state index is 0.0222. The molecular weight excluding hydrogens is 356 g/mol. The van der Waals surface area contributed by atoms with E-state index in [-0.39, 0.29) is 23.9 Å². The maximum atomic E-state index is 13.1. The predicted molar refractivity (Wildman–Crippen MR) is 105 cm³/mol. The molecule has 0 saturated carbocycles. The first-order valence-corrected chi connectivity index (χ1v) is 11.1. The van der Waals surface area contributed by atoms with E-state index < -0.39 is 0 Å². The van der Waals surface area contributed by atoms with Crippen LogP contribution in [-0.4, -0.2) is 77.4 Å². The van der Waals surface area contributed by atoms with Gasteiger partial charge in [-0.25, -0.2) is 4.79 Å². The summed E-state index contributed by atoms with van der Waals surface area (Å²) in [7, 11) is 0. The Hall–Kier alpha value is -1.79. The van der Waals surface area contributed by atoms with E-state index in [2.05, 4.69) is 10.2 Å². The van der Waals surface area contributed by atoms with Gasteiger partial charge in [-0.15, -0.1) is 0 Å². The molecule has 156 valence electrons. The molecule has 0 spiro atoms. The van der Waals surface area contributed by atoms with Crippen LogP contribution in [0.1, 0.15) is 52.4 Å². The van der Waals surface area contributed by atoms with E-state index in [9.17, 15) is 14.4 Å². The van der Waals surface area contributed by atoms with Gasteiger partial charge in [-0.2, -0.15) is 0 Å². The van der Waals surface area contributed by atoms with E-state index in [1.165, 1.54) is 0 Å². The lowest BCUT2D eigenvalue weighted by molar-refractivity contribution is -0.144. The summed E-state index contributed by atoms with van der Waals surface area (Å²) in [5, 5.41) is 2.99. The largest absolute Gasteiger partial charge is 0.354 e. The number of urea groups is 1. The van der Waals surface area contributed by atoms with Crippen molar-refractivity contribution in [2.75, 3.05) is 32.7 Å². The van der Waals surface area contributed by atoms with Gasteiger partial charge in [-0.05, 0) is 57.8 Å². The fraction of sp³-hybridized carbons (Fsp3) is 0.857. The van der Waals surface area contributed by atoms with Crippen molar-refractivity contribution >= 4 is 17.8 Å². The van der Waals surface area contributed by atoms with Crippen molar-refractivity contribution in [3.8, 4) is 0 Å². The van der Waals surface area contributed by atoms with Gasteiger partial charge in [0.1, 0.15) is 0 Å². The van der Waals surface area contributed by atoms with Crippen LogP contribution in [0, 0.1) is 17.8 Å². The Labute approximate surface area is 167 Å². The van der Waals surface area contributed by atoms with Crippen LogP contribution in [-0.2, 0) is 9.59 Å². The Balaban J connectivity index is 1.33. The number of nitrogens with one attached hydrogen (secondary N) is 1.